The van der Waals surface area contributed by atoms with E-state index in [-0.39, 0.29) is 0 Å². The molecule has 0 radical (unpaired) electrons. The second kappa shape index (κ2) is 28.7. The summed E-state index contributed by atoms with van der Waals surface area (Å²) in [6.07, 6.45) is 15.9. The van der Waals surface area contributed by atoms with Gasteiger partial charge in [-0.1, -0.05) is 73.7 Å². The Balaban J connectivity index is 0.000000297. The maximum atomic E-state index is 4.08. The number of thioether (sulfide) groups is 7. The smallest absolute Gasteiger partial charge is 0.0341 e. The average molecular weight is 773 g/mol. The highest BCUT2D eigenvalue weighted by atomic mass is 32.2. The normalized spacial score (nSPS) is 9.64. The molecule has 47 heavy (non-hydrogen) atoms. The van der Waals surface area contributed by atoms with Gasteiger partial charge in [0.15, 0.2) is 0 Å². The lowest BCUT2D eigenvalue weighted by Gasteiger charge is -2.08. The molecule has 0 saturated heterocycles. The largest absolute Gasteiger partial charge is 0.143 e. The van der Waals surface area contributed by atoms with E-state index in [9.17, 15) is 0 Å². The summed E-state index contributed by atoms with van der Waals surface area (Å²) in [4.78, 5) is 10.6. The van der Waals surface area contributed by atoms with Crippen LogP contribution in [0.1, 0.15) is 12.5 Å². The van der Waals surface area contributed by atoms with Crippen molar-refractivity contribution < 1.29 is 0 Å². The van der Waals surface area contributed by atoms with Gasteiger partial charge in [0.2, 0.25) is 0 Å². The quantitative estimate of drug-likeness (QED) is 0.122. The summed E-state index contributed by atoms with van der Waals surface area (Å²) in [5, 5.41) is 0. The van der Waals surface area contributed by atoms with Gasteiger partial charge in [-0.05, 0) is 116 Å². The minimum absolute atomic E-state index is 1.02. The first-order valence-corrected chi connectivity index (χ1v) is 23.8. The molecule has 0 atom stereocenters. The molecule has 0 aliphatic heterocycles. The monoisotopic (exact) mass is 772 g/mol. The number of benzene rings is 5. The first kappa shape index (κ1) is 43.9. The summed E-state index contributed by atoms with van der Waals surface area (Å²) in [6, 6.07) is 43.7. The molecule has 0 nitrogen and oxygen atoms in total. The Morgan fingerprint density at radius 3 is 1.17 bits per heavy atom. The topological polar surface area (TPSA) is 0 Å². The molecular formula is C39H48S8. The van der Waals surface area contributed by atoms with Crippen molar-refractivity contribution in [2.24, 2.45) is 0 Å². The maximum absolute atomic E-state index is 4.08. The molecule has 0 spiro atoms. The average Bonchev–Trinajstić information content (AvgIpc) is 3.15. The van der Waals surface area contributed by atoms with E-state index in [4.69, 9.17) is 0 Å². The highest BCUT2D eigenvalue weighted by molar-refractivity contribution is 8.03. The number of thiol groups is 1. The van der Waals surface area contributed by atoms with Crippen LogP contribution >= 0.6 is 95.0 Å². The van der Waals surface area contributed by atoms with Crippen molar-refractivity contribution in [3.05, 3.63) is 133 Å². The van der Waals surface area contributed by atoms with Crippen molar-refractivity contribution in [3.63, 3.8) is 0 Å². The number of aryl methyl sites for hydroxylation is 1. The molecule has 0 bridgehead atoms. The predicted molar refractivity (Wildman–Crippen MR) is 231 cm³/mol. The Morgan fingerprint density at radius 1 is 0.404 bits per heavy atom. The van der Waals surface area contributed by atoms with Crippen LogP contribution in [0.4, 0.5) is 0 Å². The van der Waals surface area contributed by atoms with Crippen LogP contribution in [0.2, 0.25) is 0 Å². The predicted octanol–water partition coefficient (Wildman–Crippen LogP) is 14.3. The zero-order chi connectivity index (χ0) is 34.7. The van der Waals surface area contributed by atoms with Crippen molar-refractivity contribution in [3.8, 4) is 0 Å². The third-order valence-corrected chi connectivity index (χ3v) is 12.3. The Hall–Kier alpha value is -1.10. The van der Waals surface area contributed by atoms with Gasteiger partial charge in [0, 0.05) is 39.2 Å². The summed E-state index contributed by atoms with van der Waals surface area (Å²) in [5.74, 6) is 0. The number of hydrogen-bond donors (Lipinski definition) is 1. The van der Waals surface area contributed by atoms with Gasteiger partial charge in [0.05, 0.1) is 0 Å². The van der Waals surface area contributed by atoms with E-state index in [0.29, 0.717) is 0 Å². The molecule has 252 valence electrons. The van der Waals surface area contributed by atoms with Crippen LogP contribution in [0.3, 0.4) is 0 Å². The summed E-state index contributed by atoms with van der Waals surface area (Å²) < 4.78 is 0. The summed E-state index contributed by atoms with van der Waals surface area (Å²) in [6.45, 7) is 2.18. The van der Waals surface area contributed by atoms with Crippen LogP contribution in [0.5, 0.6) is 0 Å². The molecule has 0 unspecified atom stereocenters. The molecule has 0 heterocycles. The molecule has 0 aromatic heterocycles. The highest BCUT2D eigenvalue weighted by Gasteiger charge is 2.04. The Labute approximate surface area is 321 Å². The maximum Gasteiger partial charge on any atom is 0.0341 e. The molecule has 0 saturated carbocycles. The molecule has 5 aromatic carbocycles. The summed E-state index contributed by atoms with van der Waals surface area (Å²) in [5.41, 5.74) is 1.42. The molecule has 5 aromatic rings. The fourth-order valence-corrected chi connectivity index (χ4v) is 8.86. The van der Waals surface area contributed by atoms with Crippen molar-refractivity contribution in [2.45, 2.75) is 52.5 Å². The highest BCUT2D eigenvalue weighted by Crippen LogP contribution is 2.35. The lowest BCUT2D eigenvalue weighted by Crippen LogP contribution is -1.80. The SMILES string of the molecule is CCc1cccc(SC)c1.CSc1cccc(SC)c1SC.CSc1ccccc1.CSc1ccccc1SC.Sc1ccccc1. The third-order valence-electron chi connectivity index (χ3n) is 6.15. The first-order valence-electron chi connectivity index (χ1n) is 14.8. The molecular weight excluding hydrogens is 725 g/mol. The molecule has 0 aliphatic carbocycles. The Morgan fingerprint density at radius 2 is 0.809 bits per heavy atom. The zero-order valence-corrected chi connectivity index (χ0v) is 35.2. The van der Waals surface area contributed by atoms with Gasteiger partial charge in [0.1, 0.15) is 0 Å². The third kappa shape index (κ3) is 19.0. The second-order valence-electron chi connectivity index (χ2n) is 9.11. The van der Waals surface area contributed by atoms with Gasteiger partial charge < -0.3 is 0 Å². The fourth-order valence-electron chi connectivity index (χ4n) is 3.68. The Bertz CT molecular complexity index is 1410. The van der Waals surface area contributed by atoms with E-state index in [0.717, 1.165) is 11.3 Å². The van der Waals surface area contributed by atoms with Crippen LogP contribution in [0.15, 0.2) is 167 Å². The van der Waals surface area contributed by atoms with Crippen LogP contribution < -0.4 is 0 Å². The van der Waals surface area contributed by atoms with Gasteiger partial charge in [-0.2, -0.15) is 0 Å². The van der Waals surface area contributed by atoms with E-state index in [2.05, 4.69) is 142 Å². The van der Waals surface area contributed by atoms with Crippen molar-refractivity contribution in [2.75, 3.05) is 43.8 Å². The van der Waals surface area contributed by atoms with E-state index in [1.807, 2.05) is 83.8 Å². The Kier molecular flexibility index (Phi) is 26.8. The second-order valence-corrected chi connectivity index (χ2v) is 15.6. The number of rotatable bonds is 8. The van der Waals surface area contributed by atoms with Crippen molar-refractivity contribution in [1.29, 1.82) is 0 Å². The first-order chi connectivity index (χ1) is 22.9. The van der Waals surface area contributed by atoms with Crippen LogP contribution in [0, 0.1) is 0 Å². The van der Waals surface area contributed by atoms with E-state index in [1.54, 1.807) is 47.0 Å². The van der Waals surface area contributed by atoms with Crippen LogP contribution in [0.25, 0.3) is 0 Å². The van der Waals surface area contributed by atoms with Gasteiger partial charge in [-0.25, -0.2) is 0 Å². The standard InChI is InChI=1S/C9H12S3.C9H12S.C8H10S2.C7H8S.C6H6S/c1-10-7-5-4-6-8(11-2)9(7)12-3;1-3-8-5-4-6-9(7-8)10-2;1-9-7-5-3-4-6-8(7)10-2;1-8-7-5-3-2-4-6-7;7-6-4-2-1-3-5-6/h4-6H,1-3H3;4-7H,3H2,1-2H3;3-6H,1-2H3;2-6H,1H3;1-5,7H. The van der Waals surface area contributed by atoms with E-state index < -0.39 is 0 Å². The number of hydrogen-bond acceptors (Lipinski definition) is 8. The lowest BCUT2D eigenvalue weighted by molar-refractivity contribution is 1.12. The zero-order valence-electron chi connectivity index (χ0n) is 28.6. The summed E-state index contributed by atoms with van der Waals surface area (Å²) in [7, 11) is 0. The van der Waals surface area contributed by atoms with E-state index >= 15 is 0 Å². The minimum Gasteiger partial charge on any atom is -0.143 e. The van der Waals surface area contributed by atoms with Gasteiger partial charge >= 0.3 is 0 Å². The van der Waals surface area contributed by atoms with Crippen molar-refractivity contribution >= 4 is 95.0 Å². The van der Waals surface area contributed by atoms with Gasteiger partial charge in [-0.3, -0.25) is 0 Å². The van der Waals surface area contributed by atoms with E-state index in [1.165, 1.54) is 39.8 Å². The van der Waals surface area contributed by atoms with Gasteiger partial charge in [0.25, 0.3) is 0 Å². The summed E-state index contributed by atoms with van der Waals surface area (Å²) >= 11 is 16.7. The lowest BCUT2D eigenvalue weighted by atomic mass is 10.2. The molecule has 0 aliphatic rings. The molecule has 8 heteroatoms. The van der Waals surface area contributed by atoms with Gasteiger partial charge in [-0.15, -0.1) is 95.0 Å². The minimum atomic E-state index is 1.02. The molecule has 0 fully saturated rings. The fraction of sp³-hybridized carbons (Fsp3) is 0.231. The van der Waals surface area contributed by atoms with Crippen LogP contribution in [-0.4, -0.2) is 43.8 Å². The molecule has 0 amide bonds. The molecule has 5 rings (SSSR count). The van der Waals surface area contributed by atoms with Crippen LogP contribution in [-0.2, 0) is 6.42 Å². The molecule has 0 N–H and O–H groups in total. The van der Waals surface area contributed by atoms with Crippen molar-refractivity contribution in [1.82, 2.24) is 0 Å².